The number of hydrogen-bond donors (Lipinski definition) is 1. The molecule has 5 heteroatoms. The van der Waals surface area contributed by atoms with Gasteiger partial charge in [0.1, 0.15) is 5.54 Å². The van der Waals surface area contributed by atoms with Gasteiger partial charge in [-0.15, -0.1) is 0 Å². The average molecular weight is 457 g/mol. The van der Waals surface area contributed by atoms with Crippen molar-refractivity contribution in [2.24, 2.45) is 0 Å². The molecule has 0 bridgehead atoms. The summed E-state index contributed by atoms with van der Waals surface area (Å²) >= 11 is 16.3. The second kappa shape index (κ2) is 5.96. The Hall–Kier alpha value is -2.07. The number of fused-ring (bicyclic) bond motifs is 4. The lowest BCUT2D eigenvalue weighted by molar-refractivity contribution is 0.0950. The summed E-state index contributed by atoms with van der Waals surface area (Å²) in [5.74, 6) is -0.0918. The summed E-state index contributed by atoms with van der Waals surface area (Å²) in [6.45, 7) is 0. The molecule has 1 atom stereocenters. The second-order valence-corrected chi connectivity index (χ2v) is 8.30. The minimum absolute atomic E-state index is 0.0918. The highest BCUT2D eigenvalue weighted by Crippen LogP contribution is 2.56. The average Bonchev–Trinajstić information content (AvgIpc) is 3.10. The molecule has 1 amide bonds. The normalized spacial score (nSPS) is 20.0. The van der Waals surface area contributed by atoms with E-state index in [1.807, 2.05) is 66.7 Å². The van der Waals surface area contributed by atoms with E-state index in [2.05, 4.69) is 21.2 Å². The summed E-state index contributed by atoms with van der Waals surface area (Å²) in [4.78, 5) is 12.7. The Labute approximate surface area is 174 Å². The van der Waals surface area contributed by atoms with E-state index >= 15 is 0 Å². The number of halogens is 3. The van der Waals surface area contributed by atoms with Crippen molar-refractivity contribution in [3.8, 4) is 0 Å². The van der Waals surface area contributed by atoms with Crippen LogP contribution in [0, 0.1) is 0 Å². The smallest absolute Gasteiger partial charge is 0.252 e. The highest BCUT2D eigenvalue weighted by molar-refractivity contribution is 9.12. The molecule has 1 unspecified atom stereocenters. The van der Waals surface area contributed by atoms with Crippen LogP contribution in [0.2, 0.25) is 10.0 Å². The molecule has 1 aliphatic carbocycles. The van der Waals surface area contributed by atoms with E-state index in [9.17, 15) is 4.79 Å². The summed E-state index contributed by atoms with van der Waals surface area (Å²) in [5.41, 5.74) is 4.87. The van der Waals surface area contributed by atoms with Crippen LogP contribution in [0.4, 0.5) is 0 Å². The maximum Gasteiger partial charge on any atom is 0.252 e. The van der Waals surface area contributed by atoms with Crippen LogP contribution in [-0.4, -0.2) is 5.91 Å². The fraction of sp³-hybridized carbons (Fsp3) is 0.0455. The molecule has 132 valence electrons. The topological polar surface area (TPSA) is 29.1 Å². The Morgan fingerprint density at radius 1 is 0.815 bits per heavy atom. The molecule has 0 aromatic heterocycles. The molecule has 27 heavy (non-hydrogen) atoms. The van der Waals surface area contributed by atoms with Gasteiger partial charge in [-0.25, -0.2) is 0 Å². The van der Waals surface area contributed by atoms with Crippen molar-refractivity contribution >= 4 is 50.6 Å². The molecule has 0 saturated carbocycles. The number of amides is 1. The summed E-state index contributed by atoms with van der Waals surface area (Å²) in [6.07, 6.45) is 0. The number of carbonyl (C=O) groups excluding carboxylic acids is 1. The Bertz CT molecular complexity index is 1150. The van der Waals surface area contributed by atoms with Gasteiger partial charge in [-0.1, -0.05) is 75.5 Å². The van der Waals surface area contributed by atoms with Crippen molar-refractivity contribution in [2.45, 2.75) is 5.54 Å². The van der Waals surface area contributed by atoms with E-state index in [0.717, 1.165) is 32.3 Å². The summed E-state index contributed by atoms with van der Waals surface area (Å²) in [6, 6.07) is 21.2. The van der Waals surface area contributed by atoms with E-state index in [0.29, 0.717) is 15.6 Å². The molecule has 2 nitrogen and oxygen atoms in total. The number of hydrogen-bond acceptors (Lipinski definition) is 1. The molecule has 1 heterocycles. The van der Waals surface area contributed by atoms with Crippen LogP contribution >= 0.6 is 39.1 Å². The van der Waals surface area contributed by atoms with Crippen LogP contribution in [0.5, 0.6) is 0 Å². The molecular formula is C22H12BrCl2NO. The Morgan fingerprint density at radius 3 is 2.30 bits per heavy atom. The van der Waals surface area contributed by atoms with E-state index in [-0.39, 0.29) is 5.91 Å². The van der Waals surface area contributed by atoms with Crippen molar-refractivity contribution in [3.05, 3.63) is 109 Å². The first-order valence-corrected chi connectivity index (χ1v) is 9.96. The summed E-state index contributed by atoms with van der Waals surface area (Å²) in [7, 11) is 0. The predicted octanol–water partition coefficient (Wildman–Crippen LogP) is 6.15. The minimum atomic E-state index is -0.775. The number of nitrogens with one attached hydrogen (secondary N) is 1. The molecule has 2 aliphatic rings. The molecule has 0 fully saturated rings. The summed E-state index contributed by atoms with van der Waals surface area (Å²) < 4.78 is 0.896. The van der Waals surface area contributed by atoms with Crippen LogP contribution in [0.25, 0.3) is 5.57 Å². The fourth-order valence-corrected chi connectivity index (χ4v) is 5.33. The van der Waals surface area contributed by atoms with Crippen molar-refractivity contribution < 1.29 is 4.79 Å². The second-order valence-electron chi connectivity index (χ2n) is 6.64. The molecule has 5 rings (SSSR count). The first kappa shape index (κ1) is 17.1. The van der Waals surface area contributed by atoms with Crippen LogP contribution in [0.15, 0.2) is 71.2 Å². The fourth-order valence-electron chi connectivity index (χ4n) is 4.07. The third-order valence-electron chi connectivity index (χ3n) is 5.21. The van der Waals surface area contributed by atoms with E-state index in [1.54, 1.807) is 0 Å². The van der Waals surface area contributed by atoms with Crippen LogP contribution in [0.1, 0.15) is 32.6 Å². The van der Waals surface area contributed by atoms with Gasteiger partial charge in [0.05, 0.1) is 0 Å². The van der Waals surface area contributed by atoms with Crippen LogP contribution < -0.4 is 5.32 Å². The largest absolute Gasteiger partial charge is 0.334 e. The Morgan fingerprint density at radius 2 is 1.52 bits per heavy atom. The Balaban J connectivity index is 1.87. The maximum absolute atomic E-state index is 12.7. The maximum atomic E-state index is 12.7. The van der Waals surface area contributed by atoms with Gasteiger partial charge in [-0.2, -0.15) is 0 Å². The Kier molecular flexibility index (Phi) is 3.77. The van der Waals surface area contributed by atoms with E-state index in [4.69, 9.17) is 23.2 Å². The van der Waals surface area contributed by atoms with Gasteiger partial charge in [0.2, 0.25) is 0 Å². The lowest BCUT2D eigenvalue weighted by Crippen LogP contribution is -2.39. The number of carbonyl (C=O) groups is 1. The predicted molar refractivity (Wildman–Crippen MR) is 113 cm³/mol. The lowest BCUT2D eigenvalue weighted by atomic mass is 9.85. The van der Waals surface area contributed by atoms with Gasteiger partial charge in [0, 0.05) is 25.7 Å². The van der Waals surface area contributed by atoms with Gasteiger partial charge in [-0.05, 0) is 52.6 Å². The van der Waals surface area contributed by atoms with E-state index in [1.165, 1.54) is 0 Å². The van der Waals surface area contributed by atoms with Crippen molar-refractivity contribution in [2.75, 3.05) is 0 Å². The first-order chi connectivity index (χ1) is 13.0. The highest BCUT2D eigenvalue weighted by atomic mass is 79.9. The van der Waals surface area contributed by atoms with Gasteiger partial charge in [0.25, 0.3) is 5.91 Å². The first-order valence-electron chi connectivity index (χ1n) is 8.41. The van der Waals surface area contributed by atoms with Gasteiger partial charge in [-0.3, -0.25) is 4.79 Å². The van der Waals surface area contributed by atoms with Gasteiger partial charge < -0.3 is 5.32 Å². The van der Waals surface area contributed by atoms with Crippen LogP contribution in [0.3, 0.4) is 0 Å². The number of rotatable bonds is 1. The zero-order chi connectivity index (χ0) is 18.8. The SMILES string of the molecule is O=C1NC2(C(Br)=C(c3ccc(Cl)cc3)c3ccc(Cl)cc32)c2ccccc21. The van der Waals surface area contributed by atoms with Gasteiger partial charge in [0.15, 0.2) is 0 Å². The third-order valence-corrected chi connectivity index (χ3v) is 6.69. The third kappa shape index (κ3) is 2.29. The monoisotopic (exact) mass is 455 g/mol. The quantitative estimate of drug-likeness (QED) is 0.467. The molecule has 3 aromatic rings. The van der Waals surface area contributed by atoms with E-state index < -0.39 is 5.54 Å². The molecular weight excluding hydrogens is 445 g/mol. The summed E-state index contributed by atoms with van der Waals surface area (Å²) in [5, 5.41) is 4.52. The molecule has 3 aromatic carbocycles. The van der Waals surface area contributed by atoms with Crippen molar-refractivity contribution in [1.82, 2.24) is 5.32 Å². The highest BCUT2D eigenvalue weighted by Gasteiger charge is 2.52. The molecule has 0 saturated heterocycles. The van der Waals surface area contributed by atoms with Crippen LogP contribution in [-0.2, 0) is 5.54 Å². The molecule has 0 radical (unpaired) electrons. The zero-order valence-electron chi connectivity index (χ0n) is 13.9. The number of benzene rings is 3. The minimum Gasteiger partial charge on any atom is -0.334 e. The standard InChI is InChI=1S/C22H12BrCl2NO/c23-20-19(12-5-7-13(24)8-6-12)15-10-9-14(25)11-18(15)22(20)17-4-2-1-3-16(17)21(27)26-22/h1-11H,(H,26,27). The molecule has 1 N–H and O–H groups in total. The zero-order valence-corrected chi connectivity index (χ0v) is 17.0. The lowest BCUT2D eigenvalue weighted by Gasteiger charge is -2.28. The van der Waals surface area contributed by atoms with Crippen molar-refractivity contribution in [1.29, 1.82) is 0 Å². The molecule has 1 spiro atoms. The van der Waals surface area contributed by atoms with Crippen molar-refractivity contribution in [3.63, 3.8) is 0 Å². The van der Waals surface area contributed by atoms with Gasteiger partial charge >= 0.3 is 0 Å². The molecule has 1 aliphatic heterocycles.